The van der Waals surface area contributed by atoms with Gasteiger partial charge in [0.2, 0.25) is 0 Å². The van der Waals surface area contributed by atoms with E-state index in [2.05, 4.69) is 5.38 Å². The molecule has 0 spiro atoms. The van der Waals surface area contributed by atoms with Gasteiger partial charge in [-0.05, 0) is 0 Å². The van der Waals surface area contributed by atoms with Gasteiger partial charge in [0, 0.05) is 6.07 Å². The molecule has 0 N–H and O–H groups in total. The van der Waals surface area contributed by atoms with Gasteiger partial charge in [-0.3, -0.25) is 0 Å². The van der Waals surface area contributed by atoms with Gasteiger partial charge in [0.15, 0.2) is 5.13 Å². The third kappa shape index (κ3) is 0.962. The first-order valence-corrected chi connectivity index (χ1v) is 2.43. The highest BCUT2D eigenvalue weighted by atomic mass is 32.1. The highest BCUT2D eigenvalue weighted by Gasteiger charge is 1.93. The number of hydrogen-bond acceptors (Lipinski definition) is 1. The minimum absolute atomic E-state index is 0.530. The van der Waals surface area contributed by atoms with Gasteiger partial charge in [-0.2, -0.15) is 4.39 Å². The molecule has 0 aliphatic heterocycles. The summed E-state index contributed by atoms with van der Waals surface area (Å²) >= 11 is 0.638. The molecule has 0 atom stereocenters. The average molecular weight is 119 g/mol. The Morgan fingerprint density at radius 3 is 2.43 bits per heavy atom. The van der Waals surface area contributed by atoms with Crippen molar-refractivity contribution in [3.63, 3.8) is 0 Å². The highest BCUT2D eigenvalue weighted by Crippen LogP contribution is 2.07. The summed E-state index contributed by atoms with van der Waals surface area (Å²) in [5.74, 6) is -0.623. The highest BCUT2D eigenvalue weighted by molar-refractivity contribution is 7.07. The molecule has 37 valence electrons. The fourth-order valence-corrected chi connectivity index (χ4v) is 0.672. The number of halogens is 2. The molecule has 1 rings (SSSR count). The molecule has 1 aromatic rings. The van der Waals surface area contributed by atoms with Crippen LogP contribution >= 0.6 is 11.3 Å². The molecule has 0 aromatic carbocycles. The van der Waals surface area contributed by atoms with E-state index in [1.165, 1.54) is 0 Å². The van der Waals surface area contributed by atoms with Gasteiger partial charge in [0.05, 0.1) is 5.38 Å². The van der Waals surface area contributed by atoms with Crippen molar-refractivity contribution in [2.24, 2.45) is 0 Å². The van der Waals surface area contributed by atoms with E-state index in [1.54, 1.807) is 0 Å². The second kappa shape index (κ2) is 1.58. The van der Waals surface area contributed by atoms with E-state index in [4.69, 9.17) is 0 Å². The lowest BCUT2D eigenvalue weighted by molar-refractivity contribution is 0.608. The maximum absolute atomic E-state index is 11.7. The van der Waals surface area contributed by atoms with Gasteiger partial charge < -0.3 is 0 Å². The summed E-state index contributed by atoms with van der Waals surface area (Å²) in [6.45, 7) is 0. The predicted octanol–water partition coefficient (Wildman–Crippen LogP) is 1.83. The fraction of sp³-hybridized carbons (Fsp3) is 0. The molecule has 0 amide bonds. The van der Waals surface area contributed by atoms with Gasteiger partial charge in [-0.1, -0.05) is 0 Å². The minimum Gasteiger partial charge on any atom is -0.205 e. The predicted molar refractivity (Wildman–Crippen MR) is 23.1 cm³/mol. The summed E-state index contributed by atoms with van der Waals surface area (Å²) in [4.78, 5) is 0. The zero-order valence-corrected chi connectivity index (χ0v) is 4.06. The van der Waals surface area contributed by atoms with Crippen molar-refractivity contribution in [3.8, 4) is 0 Å². The maximum Gasteiger partial charge on any atom is 0.180 e. The first-order chi connectivity index (χ1) is 3.29. The summed E-state index contributed by atoms with van der Waals surface area (Å²) in [7, 11) is 0. The summed E-state index contributed by atoms with van der Waals surface area (Å²) in [5.41, 5.74) is 0. The molecule has 0 aliphatic rings. The zero-order valence-electron chi connectivity index (χ0n) is 3.24. The van der Waals surface area contributed by atoms with Crippen LogP contribution in [0.3, 0.4) is 0 Å². The molecular formula is C4HF2S. The molecular weight excluding hydrogens is 118 g/mol. The Bertz CT molecular complexity index is 142. The summed E-state index contributed by atoms with van der Waals surface area (Å²) < 4.78 is 23.3. The smallest absolute Gasteiger partial charge is 0.180 e. The number of thiophene rings is 1. The first kappa shape index (κ1) is 4.71. The monoisotopic (exact) mass is 119 g/mol. The van der Waals surface area contributed by atoms with Crippen LogP contribution in [0.25, 0.3) is 0 Å². The largest absolute Gasteiger partial charge is 0.205 e. The van der Waals surface area contributed by atoms with E-state index in [0.29, 0.717) is 11.3 Å². The molecule has 3 heteroatoms. The lowest BCUT2D eigenvalue weighted by Gasteiger charge is -1.62. The maximum atomic E-state index is 11.7. The van der Waals surface area contributed by atoms with E-state index in [-0.39, 0.29) is 0 Å². The third-order valence-corrected chi connectivity index (χ3v) is 1.10. The Labute approximate surface area is 43.4 Å². The Morgan fingerprint density at radius 2 is 2.29 bits per heavy atom. The van der Waals surface area contributed by atoms with Gasteiger partial charge in [0.1, 0.15) is 5.82 Å². The summed E-state index contributed by atoms with van der Waals surface area (Å²) in [6, 6.07) is 0.796. The first-order valence-electron chi connectivity index (χ1n) is 1.61. The van der Waals surface area contributed by atoms with Crippen LogP contribution in [0.1, 0.15) is 0 Å². The Morgan fingerprint density at radius 1 is 1.57 bits per heavy atom. The molecule has 0 bridgehead atoms. The third-order valence-electron chi connectivity index (χ3n) is 0.486. The van der Waals surface area contributed by atoms with Crippen molar-refractivity contribution in [1.29, 1.82) is 0 Å². The second-order valence-corrected chi connectivity index (χ2v) is 1.80. The quantitative estimate of drug-likeness (QED) is 0.488. The van der Waals surface area contributed by atoms with Crippen LogP contribution in [-0.4, -0.2) is 0 Å². The standard InChI is InChI=1S/C4HF2S/c5-3-1-4(6)7-2-3/h1H. The molecule has 1 radical (unpaired) electrons. The second-order valence-electron chi connectivity index (χ2n) is 1.00. The molecule has 0 unspecified atom stereocenters. The van der Waals surface area contributed by atoms with Crippen molar-refractivity contribution in [1.82, 2.24) is 0 Å². The van der Waals surface area contributed by atoms with Crippen molar-refractivity contribution < 1.29 is 8.78 Å². The number of hydrogen-bond donors (Lipinski definition) is 0. The molecule has 0 nitrogen and oxygen atoms in total. The molecule has 0 fully saturated rings. The van der Waals surface area contributed by atoms with Gasteiger partial charge in [-0.15, -0.1) is 11.3 Å². The normalized spacial score (nSPS) is 9.43. The topological polar surface area (TPSA) is 0 Å². The zero-order chi connectivity index (χ0) is 5.28. The molecule has 0 saturated carbocycles. The van der Waals surface area contributed by atoms with Gasteiger partial charge >= 0.3 is 0 Å². The summed E-state index contributed by atoms with van der Waals surface area (Å²) in [6.07, 6.45) is 0. The van der Waals surface area contributed by atoms with Crippen LogP contribution < -0.4 is 0 Å². The van der Waals surface area contributed by atoms with E-state index in [0.717, 1.165) is 6.07 Å². The lowest BCUT2D eigenvalue weighted by Crippen LogP contribution is -1.55. The van der Waals surface area contributed by atoms with Crippen LogP contribution in [0.2, 0.25) is 0 Å². The lowest BCUT2D eigenvalue weighted by atomic mass is 10.6. The SMILES string of the molecule is Fc1[c]sc(F)c1. The van der Waals surface area contributed by atoms with E-state index in [9.17, 15) is 8.78 Å². The Balaban J connectivity index is 3.04. The molecule has 0 aliphatic carbocycles. The Hall–Kier alpha value is -0.440. The van der Waals surface area contributed by atoms with Crippen LogP contribution in [0, 0.1) is 16.3 Å². The van der Waals surface area contributed by atoms with Crippen molar-refractivity contribution in [3.05, 3.63) is 22.4 Å². The van der Waals surface area contributed by atoms with Crippen molar-refractivity contribution in [2.75, 3.05) is 0 Å². The minimum atomic E-state index is -0.623. The van der Waals surface area contributed by atoms with Crippen molar-refractivity contribution in [2.45, 2.75) is 0 Å². The summed E-state index contributed by atoms with van der Waals surface area (Å²) in [5, 5.41) is 1.54. The van der Waals surface area contributed by atoms with Crippen LogP contribution in [0.4, 0.5) is 8.78 Å². The molecule has 1 heterocycles. The average Bonchev–Trinajstić information content (AvgIpc) is 1.87. The van der Waals surface area contributed by atoms with E-state index < -0.39 is 10.9 Å². The van der Waals surface area contributed by atoms with Crippen LogP contribution in [-0.2, 0) is 0 Å². The molecule has 7 heavy (non-hydrogen) atoms. The van der Waals surface area contributed by atoms with Crippen LogP contribution in [0.15, 0.2) is 6.07 Å². The fourth-order valence-electron chi connectivity index (χ4n) is 0.256. The molecule has 0 saturated heterocycles. The van der Waals surface area contributed by atoms with Crippen LogP contribution in [0.5, 0.6) is 0 Å². The van der Waals surface area contributed by atoms with Crippen molar-refractivity contribution >= 4 is 11.3 Å². The van der Waals surface area contributed by atoms with Gasteiger partial charge in [0.25, 0.3) is 0 Å². The number of rotatable bonds is 0. The van der Waals surface area contributed by atoms with E-state index in [1.807, 2.05) is 0 Å². The Kier molecular flexibility index (Phi) is 1.06. The molecule has 1 aromatic heterocycles. The van der Waals surface area contributed by atoms with Gasteiger partial charge in [-0.25, -0.2) is 4.39 Å². The van der Waals surface area contributed by atoms with E-state index >= 15 is 0 Å².